The van der Waals surface area contributed by atoms with Crippen molar-refractivity contribution in [1.82, 2.24) is 14.1 Å². The number of pyridine rings is 1. The third kappa shape index (κ3) is 2.85. The lowest BCUT2D eigenvalue weighted by molar-refractivity contribution is 0.708. The predicted molar refractivity (Wildman–Crippen MR) is 113 cm³/mol. The number of benzene rings is 2. The van der Waals surface area contributed by atoms with Gasteiger partial charge < -0.3 is 0 Å². The number of nitrogens with zero attached hydrogens (tertiary/aromatic N) is 3. The number of hydrogen-bond donors (Lipinski definition) is 0. The first-order chi connectivity index (χ1) is 13.4. The molecule has 5 nitrogen and oxygen atoms in total. The molecule has 0 radical (unpaired) electrons. The molecule has 140 valence electrons. The number of aromatic nitrogens is 3. The second-order valence-electron chi connectivity index (χ2n) is 7.19. The van der Waals surface area contributed by atoms with Gasteiger partial charge in [0.05, 0.1) is 11.1 Å². The fourth-order valence-corrected chi connectivity index (χ4v) is 3.39. The van der Waals surface area contributed by atoms with Crippen LogP contribution in [0.3, 0.4) is 0 Å². The Bertz CT molecular complexity index is 1310. The second kappa shape index (κ2) is 6.60. The monoisotopic (exact) mass is 371 g/mol. The van der Waals surface area contributed by atoms with Crippen LogP contribution in [0, 0.1) is 13.8 Å². The van der Waals surface area contributed by atoms with Crippen LogP contribution >= 0.6 is 0 Å². The molecule has 5 heteroatoms. The summed E-state index contributed by atoms with van der Waals surface area (Å²) >= 11 is 0. The third-order valence-corrected chi connectivity index (χ3v) is 5.12. The van der Waals surface area contributed by atoms with E-state index in [0.29, 0.717) is 11.0 Å². The first-order valence-corrected chi connectivity index (χ1v) is 9.11. The van der Waals surface area contributed by atoms with Crippen LogP contribution in [0.15, 0.2) is 64.2 Å². The van der Waals surface area contributed by atoms with Crippen molar-refractivity contribution >= 4 is 11.0 Å². The van der Waals surface area contributed by atoms with E-state index in [9.17, 15) is 9.59 Å². The highest BCUT2D eigenvalue weighted by Gasteiger charge is 2.17. The molecule has 4 rings (SSSR count). The van der Waals surface area contributed by atoms with Crippen LogP contribution in [0.5, 0.6) is 0 Å². The molecule has 0 atom stereocenters. The minimum atomic E-state index is -0.388. The lowest BCUT2D eigenvalue weighted by Gasteiger charge is -2.13. The molecule has 2 heterocycles. The molecule has 0 saturated heterocycles. The Labute approximate surface area is 162 Å². The average molecular weight is 371 g/mol. The average Bonchev–Trinajstić information content (AvgIpc) is 2.71. The molecule has 0 aliphatic carbocycles. The van der Waals surface area contributed by atoms with Crippen LogP contribution in [0.25, 0.3) is 33.4 Å². The maximum absolute atomic E-state index is 13.0. The molecule has 0 aliphatic rings. The van der Waals surface area contributed by atoms with Crippen molar-refractivity contribution in [3.8, 4) is 22.4 Å². The Morgan fingerprint density at radius 2 is 1.29 bits per heavy atom. The Morgan fingerprint density at radius 1 is 0.750 bits per heavy atom. The summed E-state index contributed by atoms with van der Waals surface area (Å²) in [6, 6.07) is 18.0. The van der Waals surface area contributed by atoms with Crippen LogP contribution < -0.4 is 11.2 Å². The maximum atomic E-state index is 13.0. The number of aryl methyl sites for hydroxylation is 3. The van der Waals surface area contributed by atoms with Gasteiger partial charge in [-0.25, -0.2) is 9.78 Å². The first kappa shape index (κ1) is 17.9. The van der Waals surface area contributed by atoms with Crippen LogP contribution in [-0.4, -0.2) is 14.1 Å². The van der Waals surface area contributed by atoms with Gasteiger partial charge in [0.15, 0.2) is 5.65 Å². The number of hydrogen-bond acceptors (Lipinski definition) is 3. The lowest BCUT2D eigenvalue weighted by atomic mass is 9.99. The van der Waals surface area contributed by atoms with Crippen molar-refractivity contribution in [2.24, 2.45) is 14.1 Å². The third-order valence-electron chi connectivity index (χ3n) is 5.12. The van der Waals surface area contributed by atoms with Crippen LogP contribution in [-0.2, 0) is 14.1 Å². The van der Waals surface area contributed by atoms with Crippen molar-refractivity contribution < 1.29 is 0 Å². The summed E-state index contributed by atoms with van der Waals surface area (Å²) in [6.07, 6.45) is 0. The maximum Gasteiger partial charge on any atom is 0.332 e. The van der Waals surface area contributed by atoms with E-state index in [1.165, 1.54) is 11.6 Å². The van der Waals surface area contributed by atoms with Crippen LogP contribution in [0.1, 0.15) is 11.1 Å². The van der Waals surface area contributed by atoms with Gasteiger partial charge in [-0.3, -0.25) is 13.9 Å². The van der Waals surface area contributed by atoms with E-state index in [2.05, 4.69) is 0 Å². The van der Waals surface area contributed by atoms with Gasteiger partial charge in [0, 0.05) is 25.2 Å². The van der Waals surface area contributed by atoms with Crippen molar-refractivity contribution in [2.75, 3.05) is 0 Å². The van der Waals surface area contributed by atoms with E-state index in [-0.39, 0.29) is 11.2 Å². The smallest absolute Gasteiger partial charge is 0.280 e. The lowest BCUT2D eigenvalue weighted by Crippen LogP contribution is -2.37. The molecule has 0 aliphatic heterocycles. The zero-order valence-electron chi connectivity index (χ0n) is 16.4. The molecule has 0 spiro atoms. The van der Waals surface area contributed by atoms with Crippen molar-refractivity contribution in [3.63, 3.8) is 0 Å². The van der Waals surface area contributed by atoms with Crippen LogP contribution in [0.4, 0.5) is 0 Å². The van der Waals surface area contributed by atoms with Gasteiger partial charge >= 0.3 is 5.69 Å². The number of rotatable bonds is 2. The normalized spacial score (nSPS) is 11.1. The quantitative estimate of drug-likeness (QED) is 0.541. The highest BCUT2D eigenvalue weighted by atomic mass is 16.2. The number of fused-ring (bicyclic) bond motifs is 1. The van der Waals surface area contributed by atoms with E-state index in [0.717, 1.165) is 38.1 Å². The van der Waals surface area contributed by atoms with Gasteiger partial charge in [0.25, 0.3) is 5.56 Å². The Morgan fingerprint density at radius 3 is 1.86 bits per heavy atom. The molecule has 4 aromatic rings. The Balaban J connectivity index is 2.15. The fourth-order valence-electron chi connectivity index (χ4n) is 3.39. The van der Waals surface area contributed by atoms with E-state index in [1.54, 1.807) is 7.05 Å². The summed E-state index contributed by atoms with van der Waals surface area (Å²) in [5, 5.41) is 0.448. The summed E-state index contributed by atoms with van der Waals surface area (Å²) in [7, 11) is 3.14. The van der Waals surface area contributed by atoms with E-state index in [4.69, 9.17) is 4.98 Å². The molecule has 0 N–H and O–H groups in total. The highest BCUT2D eigenvalue weighted by molar-refractivity contribution is 5.94. The van der Waals surface area contributed by atoms with E-state index >= 15 is 0 Å². The second-order valence-corrected chi connectivity index (χ2v) is 7.19. The summed E-state index contributed by atoms with van der Waals surface area (Å²) in [5.41, 5.74) is 5.32. The summed E-state index contributed by atoms with van der Waals surface area (Å²) < 4.78 is 2.57. The van der Waals surface area contributed by atoms with E-state index in [1.807, 2.05) is 68.4 Å². The fraction of sp³-hybridized carbons (Fsp3) is 0.174. The minimum Gasteiger partial charge on any atom is -0.280 e. The van der Waals surface area contributed by atoms with Crippen molar-refractivity contribution in [1.29, 1.82) is 0 Å². The zero-order chi connectivity index (χ0) is 20.0. The molecule has 0 fully saturated rings. The van der Waals surface area contributed by atoms with E-state index < -0.39 is 0 Å². The topological polar surface area (TPSA) is 56.9 Å². The summed E-state index contributed by atoms with van der Waals surface area (Å²) in [6.45, 7) is 4.05. The molecule has 0 unspecified atom stereocenters. The summed E-state index contributed by atoms with van der Waals surface area (Å²) in [5.74, 6) is 0. The molecule has 0 bridgehead atoms. The molecular formula is C23H21N3O2. The van der Waals surface area contributed by atoms with Gasteiger partial charge in [0.1, 0.15) is 0 Å². The molecule has 0 saturated carbocycles. The van der Waals surface area contributed by atoms with Crippen molar-refractivity contribution in [3.05, 3.63) is 86.6 Å². The molecule has 2 aromatic carbocycles. The molecule has 2 aromatic heterocycles. The van der Waals surface area contributed by atoms with Gasteiger partial charge in [0.2, 0.25) is 0 Å². The first-order valence-electron chi connectivity index (χ1n) is 9.11. The Hall–Kier alpha value is -3.47. The van der Waals surface area contributed by atoms with Crippen LogP contribution in [0.2, 0.25) is 0 Å². The zero-order valence-corrected chi connectivity index (χ0v) is 16.4. The van der Waals surface area contributed by atoms with Gasteiger partial charge in [-0.05, 0) is 25.5 Å². The predicted octanol–water partition coefficient (Wildman–Crippen LogP) is 3.58. The largest absolute Gasteiger partial charge is 0.332 e. The standard InChI is InChI=1S/C23H21N3O2/c1-14-5-9-16(10-6-14)18-13-19(17-11-7-15(2)8-12-17)24-21-20(18)22(27)26(4)23(28)25(21)3/h5-13H,1-4H3. The van der Waals surface area contributed by atoms with Gasteiger partial charge in [-0.1, -0.05) is 59.7 Å². The SMILES string of the molecule is Cc1ccc(-c2cc(-c3ccc(C)cc3)c3c(=O)n(C)c(=O)n(C)c3n2)cc1. The molecule has 28 heavy (non-hydrogen) atoms. The van der Waals surface area contributed by atoms with Gasteiger partial charge in [-0.2, -0.15) is 0 Å². The van der Waals surface area contributed by atoms with Gasteiger partial charge in [-0.15, -0.1) is 0 Å². The molecular weight excluding hydrogens is 350 g/mol. The molecule has 0 amide bonds. The minimum absolute atomic E-state index is 0.336. The summed E-state index contributed by atoms with van der Waals surface area (Å²) in [4.78, 5) is 30.1. The highest BCUT2D eigenvalue weighted by Crippen LogP contribution is 2.30. The Kier molecular flexibility index (Phi) is 4.23. The van der Waals surface area contributed by atoms with Crippen molar-refractivity contribution in [2.45, 2.75) is 13.8 Å².